The summed E-state index contributed by atoms with van der Waals surface area (Å²) in [5.41, 5.74) is 1.38. The van der Waals surface area contributed by atoms with Gasteiger partial charge in [-0.1, -0.05) is 33.6 Å². The van der Waals surface area contributed by atoms with Crippen molar-refractivity contribution in [3.63, 3.8) is 0 Å². The molecule has 3 rings (SSSR count). The average Bonchev–Trinajstić information content (AvgIpc) is 2.79. The highest BCUT2D eigenvalue weighted by molar-refractivity contribution is 9.10. The van der Waals surface area contributed by atoms with Crippen molar-refractivity contribution < 1.29 is 22.1 Å². The molecule has 3 aromatic carbocycles. The van der Waals surface area contributed by atoms with Gasteiger partial charge in [-0.15, -0.1) is 0 Å². The third-order valence-corrected chi connectivity index (χ3v) is 6.24. The van der Waals surface area contributed by atoms with Gasteiger partial charge >= 0.3 is 10.1 Å². The van der Waals surface area contributed by atoms with E-state index in [-0.39, 0.29) is 21.8 Å². The Morgan fingerprint density at radius 2 is 1.73 bits per heavy atom. The normalized spacial score (nSPS) is 11.4. The van der Waals surface area contributed by atoms with Crippen molar-refractivity contribution in [2.45, 2.75) is 11.8 Å². The molecule has 0 atom stereocenters. The lowest BCUT2D eigenvalue weighted by molar-refractivity contribution is -0.112. The van der Waals surface area contributed by atoms with E-state index in [9.17, 15) is 18.5 Å². The molecule has 0 fully saturated rings. The number of halogens is 1. The van der Waals surface area contributed by atoms with Crippen molar-refractivity contribution in [1.82, 2.24) is 0 Å². The number of anilines is 1. The number of aryl methyl sites for hydroxylation is 1. The van der Waals surface area contributed by atoms with Gasteiger partial charge in [0.25, 0.3) is 5.91 Å². The number of amides is 1. The van der Waals surface area contributed by atoms with Crippen LogP contribution in [-0.2, 0) is 14.9 Å². The van der Waals surface area contributed by atoms with E-state index in [0.717, 1.165) is 5.56 Å². The lowest BCUT2D eigenvalue weighted by Gasteiger charge is -2.11. The molecule has 0 saturated carbocycles. The summed E-state index contributed by atoms with van der Waals surface area (Å²) in [6.45, 7) is 1.84. The summed E-state index contributed by atoms with van der Waals surface area (Å²) in [5.74, 6) is -0.0616. The first-order valence-corrected chi connectivity index (χ1v) is 11.8. The highest BCUT2D eigenvalue weighted by Crippen LogP contribution is 2.29. The number of ether oxygens (including phenoxy) is 1. The standard InChI is InChI=1S/C24H19BrN2O5S/c1-16-3-10-22(11-4-16)33(29,30)32-23-12-5-19(25)14-17(23)13-18(15-26)24(28)27-20-6-8-21(31-2)9-7-20/h3-14H,1-2H3,(H,27,28)/b18-13+. The van der Waals surface area contributed by atoms with Gasteiger partial charge in [0.1, 0.15) is 28.0 Å². The van der Waals surface area contributed by atoms with Crippen LogP contribution in [0.5, 0.6) is 11.5 Å². The Morgan fingerprint density at radius 1 is 1.06 bits per heavy atom. The van der Waals surface area contributed by atoms with Crippen LogP contribution in [0.2, 0.25) is 0 Å². The van der Waals surface area contributed by atoms with Crippen LogP contribution < -0.4 is 14.2 Å². The molecule has 0 aliphatic heterocycles. The molecule has 0 unspecified atom stereocenters. The SMILES string of the molecule is COc1ccc(NC(=O)/C(C#N)=C/c2cc(Br)ccc2OS(=O)(=O)c2ccc(C)cc2)cc1. The molecule has 0 spiro atoms. The second-order valence-electron chi connectivity index (χ2n) is 6.89. The first-order chi connectivity index (χ1) is 15.7. The van der Waals surface area contributed by atoms with E-state index in [1.165, 1.54) is 31.4 Å². The molecule has 0 heterocycles. The highest BCUT2D eigenvalue weighted by atomic mass is 79.9. The minimum Gasteiger partial charge on any atom is -0.497 e. The number of hydrogen-bond donors (Lipinski definition) is 1. The molecule has 7 nitrogen and oxygen atoms in total. The zero-order valence-electron chi connectivity index (χ0n) is 17.7. The van der Waals surface area contributed by atoms with Crippen LogP contribution in [0.25, 0.3) is 6.08 Å². The van der Waals surface area contributed by atoms with Crippen LogP contribution in [0.3, 0.4) is 0 Å². The molecule has 1 amide bonds. The number of nitrogens with one attached hydrogen (secondary N) is 1. The number of hydrogen-bond acceptors (Lipinski definition) is 6. The Kier molecular flexibility index (Phi) is 7.53. The maximum atomic E-state index is 12.7. The van der Waals surface area contributed by atoms with E-state index in [1.807, 2.05) is 13.0 Å². The molecule has 0 radical (unpaired) electrons. The summed E-state index contributed by atoms with van der Waals surface area (Å²) in [4.78, 5) is 12.6. The van der Waals surface area contributed by atoms with Crippen LogP contribution in [0.4, 0.5) is 5.69 Å². The maximum Gasteiger partial charge on any atom is 0.339 e. The van der Waals surface area contributed by atoms with Gasteiger partial charge in [0.05, 0.1) is 7.11 Å². The van der Waals surface area contributed by atoms with Gasteiger partial charge in [-0.3, -0.25) is 4.79 Å². The van der Waals surface area contributed by atoms with Gasteiger partial charge in [-0.2, -0.15) is 13.7 Å². The molecular formula is C24H19BrN2O5S. The van der Waals surface area contributed by atoms with E-state index < -0.39 is 16.0 Å². The summed E-state index contributed by atoms with van der Waals surface area (Å²) >= 11 is 3.32. The summed E-state index contributed by atoms with van der Waals surface area (Å²) in [6.07, 6.45) is 1.27. The quantitative estimate of drug-likeness (QED) is 0.261. The third-order valence-electron chi connectivity index (χ3n) is 4.49. The summed E-state index contributed by atoms with van der Waals surface area (Å²) < 4.78 is 36.5. The van der Waals surface area contributed by atoms with Gasteiger partial charge in [-0.05, 0) is 67.6 Å². The zero-order valence-corrected chi connectivity index (χ0v) is 20.1. The van der Waals surface area contributed by atoms with Gasteiger partial charge in [0, 0.05) is 15.7 Å². The predicted octanol–water partition coefficient (Wildman–Crippen LogP) is 5.08. The summed E-state index contributed by atoms with van der Waals surface area (Å²) in [5, 5.41) is 12.2. The van der Waals surface area contributed by atoms with Crippen LogP contribution in [0.1, 0.15) is 11.1 Å². The maximum absolute atomic E-state index is 12.7. The van der Waals surface area contributed by atoms with E-state index in [1.54, 1.807) is 48.5 Å². The lowest BCUT2D eigenvalue weighted by atomic mass is 10.1. The number of nitrogens with zero attached hydrogens (tertiary/aromatic N) is 1. The first kappa shape index (κ1) is 24.0. The third kappa shape index (κ3) is 6.22. The Balaban J connectivity index is 1.90. The van der Waals surface area contributed by atoms with Crippen molar-refractivity contribution >= 4 is 43.7 Å². The molecule has 3 aromatic rings. The van der Waals surface area contributed by atoms with Gasteiger partial charge in [0.2, 0.25) is 0 Å². The van der Waals surface area contributed by atoms with Crippen molar-refractivity contribution in [2.24, 2.45) is 0 Å². The average molecular weight is 527 g/mol. The Morgan fingerprint density at radius 3 is 2.33 bits per heavy atom. The monoisotopic (exact) mass is 526 g/mol. The minimum absolute atomic E-state index is 0.0105. The second-order valence-corrected chi connectivity index (χ2v) is 9.35. The van der Waals surface area contributed by atoms with Crippen molar-refractivity contribution in [1.29, 1.82) is 5.26 Å². The lowest BCUT2D eigenvalue weighted by Crippen LogP contribution is -2.14. The summed E-state index contributed by atoms with van der Waals surface area (Å²) in [7, 11) is -2.59. The number of carbonyl (C=O) groups is 1. The molecule has 0 aromatic heterocycles. The predicted molar refractivity (Wildman–Crippen MR) is 128 cm³/mol. The van der Waals surface area contributed by atoms with Crippen LogP contribution in [-0.4, -0.2) is 21.4 Å². The molecule has 1 N–H and O–H groups in total. The molecule has 9 heteroatoms. The van der Waals surface area contributed by atoms with E-state index in [4.69, 9.17) is 8.92 Å². The number of methoxy groups -OCH3 is 1. The molecule has 0 aliphatic rings. The van der Waals surface area contributed by atoms with E-state index in [0.29, 0.717) is 15.9 Å². The van der Waals surface area contributed by atoms with E-state index in [2.05, 4.69) is 21.2 Å². The topological polar surface area (TPSA) is 105 Å². The number of benzene rings is 3. The van der Waals surface area contributed by atoms with Crippen molar-refractivity contribution in [2.75, 3.05) is 12.4 Å². The van der Waals surface area contributed by atoms with Crippen molar-refractivity contribution in [3.8, 4) is 17.6 Å². The minimum atomic E-state index is -4.12. The van der Waals surface area contributed by atoms with Gasteiger partial charge in [-0.25, -0.2) is 0 Å². The first-order valence-electron chi connectivity index (χ1n) is 9.60. The fourth-order valence-corrected chi connectivity index (χ4v) is 4.09. The molecule has 0 aliphatic carbocycles. The zero-order chi connectivity index (χ0) is 24.0. The highest BCUT2D eigenvalue weighted by Gasteiger charge is 2.19. The molecular weight excluding hydrogens is 508 g/mol. The van der Waals surface area contributed by atoms with Crippen LogP contribution in [0, 0.1) is 18.3 Å². The molecule has 0 bridgehead atoms. The molecule has 168 valence electrons. The van der Waals surface area contributed by atoms with E-state index >= 15 is 0 Å². The Bertz CT molecular complexity index is 1340. The largest absolute Gasteiger partial charge is 0.497 e. The smallest absolute Gasteiger partial charge is 0.339 e. The van der Waals surface area contributed by atoms with Crippen LogP contribution in [0.15, 0.2) is 81.7 Å². The van der Waals surface area contributed by atoms with Crippen molar-refractivity contribution in [3.05, 3.63) is 87.9 Å². The van der Waals surface area contributed by atoms with Gasteiger partial charge in [0.15, 0.2) is 0 Å². The Hall–Kier alpha value is -3.61. The fourth-order valence-electron chi connectivity index (χ4n) is 2.76. The number of rotatable bonds is 7. The van der Waals surface area contributed by atoms with Crippen LogP contribution >= 0.6 is 15.9 Å². The molecule has 33 heavy (non-hydrogen) atoms. The number of carbonyl (C=O) groups excluding carboxylic acids is 1. The summed E-state index contributed by atoms with van der Waals surface area (Å²) in [6, 6.07) is 19.3. The molecule has 0 saturated heterocycles. The van der Waals surface area contributed by atoms with Gasteiger partial charge < -0.3 is 14.2 Å². The Labute approximate surface area is 200 Å². The fraction of sp³-hybridized carbons (Fsp3) is 0.0833. The second kappa shape index (κ2) is 10.3. The number of nitriles is 1.